The zero-order valence-electron chi connectivity index (χ0n) is 20.5. The predicted molar refractivity (Wildman–Crippen MR) is 159 cm³/mol. The summed E-state index contributed by atoms with van der Waals surface area (Å²) in [6.45, 7) is 3.19. The molecule has 0 bridgehead atoms. The van der Waals surface area contributed by atoms with Gasteiger partial charge in [0.15, 0.2) is 0 Å². The number of nitrogens with one attached hydrogen (secondary N) is 3. The largest absolute Gasteiger partial charge is 0.381 e. The molecule has 0 aromatic carbocycles. The summed E-state index contributed by atoms with van der Waals surface area (Å²) in [7, 11) is -2.93. The van der Waals surface area contributed by atoms with Crippen LogP contribution in [0.1, 0.15) is 44.1 Å². The van der Waals surface area contributed by atoms with Crippen LogP contribution < -0.4 is 16.0 Å². The average Bonchev–Trinajstić information content (AvgIpc) is 2.86. The van der Waals surface area contributed by atoms with Crippen molar-refractivity contribution in [1.82, 2.24) is 15.6 Å². The highest BCUT2D eigenvalue weighted by Gasteiger charge is 2.22. The van der Waals surface area contributed by atoms with Crippen LogP contribution in [-0.2, 0) is 14.6 Å². The molecular formula is C25H35Cl2IN4O3S. The predicted octanol–water partition coefficient (Wildman–Crippen LogP) is 4.69. The van der Waals surface area contributed by atoms with E-state index < -0.39 is 30.6 Å². The van der Waals surface area contributed by atoms with Gasteiger partial charge in [0.2, 0.25) is 0 Å². The van der Waals surface area contributed by atoms with Gasteiger partial charge in [-0.3, -0.25) is 5.32 Å². The maximum absolute atomic E-state index is 11.3. The van der Waals surface area contributed by atoms with Gasteiger partial charge >= 0.3 is 0 Å². The van der Waals surface area contributed by atoms with E-state index in [4.69, 9.17) is 27.9 Å². The Morgan fingerprint density at radius 1 is 1.08 bits per heavy atom. The molecule has 3 aliphatic rings. The van der Waals surface area contributed by atoms with Crippen molar-refractivity contribution in [2.45, 2.75) is 50.6 Å². The minimum atomic E-state index is -2.93. The van der Waals surface area contributed by atoms with Crippen molar-refractivity contribution < 1.29 is 13.2 Å². The highest BCUT2D eigenvalue weighted by atomic mass is 127. The Balaban J connectivity index is 1.34. The number of aromatic nitrogens is 1. The van der Waals surface area contributed by atoms with Crippen LogP contribution in [0.2, 0.25) is 5.02 Å². The second kappa shape index (κ2) is 13.5. The molecule has 1 aromatic rings. The lowest BCUT2D eigenvalue weighted by Crippen LogP contribution is -2.38. The fourth-order valence-electron chi connectivity index (χ4n) is 4.65. The molecule has 1 aromatic heterocycles. The van der Waals surface area contributed by atoms with Crippen LogP contribution in [0.25, 0.3) is 3.58 Å². The smallest absolute Gasteiger partial charge is 0.148 e. The van der Waals surface area contributed by atoms with Crippen molar-refractivity contribution in [3.63, 3.8) is 0 Å². The maximum Gasteiger partial charge on any atom is 0.148 e. The summed E-state index contributed by atoms with van der Waals surface area (Å²) in [6.07, 6.45) is 13.3. The fourth-order valence-corrected chi connectivity index (χ4v) is 8.42. The number of rotatable bonds is 10. The third-order valence-corrected chi connectivity index (χ3v) is 11.7. The second-order valence-electron chi connectivity index (χ2n) is 9.70. The number of sulfone groups is 1. The number of hydrogen-bond acceptors (Lipinski definition) is 7. The Labute approximate surface area is 234 Å². The van der Waals surface area contributed by atoms with Crippen molar-refractivity contribution >= 4 is 66.8 Å². The molecule has 0 unspecified atom stereocenters. The van der Waals surface area contributed by atoms with Crippen molar-refractivity contribution in [3.8, 4) is 0 Å². The zero-order valence-corrected chi connectivity index (χ0v) is 25.0. The fraction of sp³-hybridized carbons (Fsp3) is 0.600. The van der Waals surface area contributed by atoms with Gasteiger partial charge in [-0.15, -0.1) is 0 Å². The number of halogens is 3. The standard InChI is InChI=1S/C25H35Cl2IN4O3S/c1-36(33,34)13-10-29-18-2-4-19(5-3-18)32-24-14-20(22(27)16-31-24)25-21(26)6-7-23(28-25)30-15-17-8-11-35-12-9-17/h6-7,14,16-19,29-30H,2-5,8-13,15H2,1H3,(H,31,32). The van der Waals surface area contributed by atoms with E-state index in [9.17, 15) is 8.42 Å². The Kier molecular flexibility index (Phi) is 10.7. The lowest BCUT2D eigenvalue weighted by molar-refractivity contribution is 0.0677. The van der Waals surface area contributed by atoms with Crippen molar-refractivity contribution in [1.29, 1.82) is 0 Å². The molecule has 0 amide bonds. The van der Waals surface area contributed by atoms with Gasteiger partial charge in [-0.25, -0.2) is 13.4 Å². The third-order valence-electron chi connectivity index (χ3n) is 6.76. The number of anilines is 1. The third kappa shape index (κ3) is 8.74. The molecule has 36 heavy (non-hydrogen) atoms. The second-order valence-corrected chi connectivity index (χ2v) is 15.6. The minimum Gasteiger partial charge on any atom is -0.381 e. The first-order chi connectivity index (χ1) is 17.3. The van der Waals surface area contributed by atoms with E-state index in [1.54, 1.807) is 6.20 Å². The van der Waals surface area contributed by atoms with E-state index in [2.05, 4.69) is 27.0 Å². The average molecular weight is 669 g/mol. The lowest BCUT2D eigenvalue weighted by Gasteiger charge is -2.30. The molecule has 11 heteroatoms. The van der Waals surface area contributed by atoms with Gasteiger partial charge in [-0.2, -0.15) is 0 Å². The highest BCUT2D eigenvalue weighted by molar-refractivity contribution is 14.2. The lowest BCUT2D eigenvalue weighted by atomic mass is 9.91. The van der Waals surface area contributed by atoms with E-state index in [1.807, 2.05) is 12.1 Å². The summed E-state index contributed by atoms with van der Waals surface area (Å²) in [5.41, 5.74) is 0.956. The molecule has 200 valence electrons. The number of nitrogens with zero attached hydrogens (tertiary/aromatic N) is 1. The van der Waals surface area contributed by atoms with Gasteiger partial charge in [0.25, 0.3) is 0 Å². The molecular weight excluding hydrogens is 634 g/mol. The van der Waals surface area contributed by atoms with Crippen LogP contribution in [-0.4, -0.2) is 67.4 Å². The number of ether oxygens (including phenoxy) is 1. The van der Waals surface area contributed by atoms with Crippen molar-refractivity contribution in [2.24, 2.45) is 5.92 Å². The van der Waals surface area contributed by atoms with Crippen molar-refractivity contribution in [3.05, 3.63) is 40.0 Å². The summed E-state index contributed by atoms with van der Waals surface area (Å²) in [6, 6.07) is 2.72. The van der Waals surface area contributed by atoms with Gasteiger partial charge < -0.3 is 15.4 Å². The molecule has 0 atom stereocenters. The molecule has 1 aliphatic carbocycles. The topological polar surface area (TPSA) is 92.4 Å². The highest BCUT2D eigenvalue weighted by Crippen LogP contribution is 2.40. The van der Waals surface area contributed by atoms with Gasteiger partial charge in [-0.1, -0.05) is 43.9 Å². The van der Waals surface area contributed by atoms with Gasteiger partial charge in [0.1, 0.15) is 15.7 Å². The summed E-state index contributed by atoms with van der Waals surface area (Å²) < 4.78 is 30.5. The van der Waals surface area contributed by atoms with Crippen molar-refractivity contribution in [2.75, 3.05) is 43.6 Å². The SMILES string of the molecule is CS(=O)(=O)CCNC1CCC(Nc2cc(C3=C(Cl)C=CC(NCC4CCOCC4)=I3)c(Cl)cn2)CC1. The Morgan fingerprint density at radius 2 is 1.81 bits per heavy atom. The van der Waals surface area contributed by atoms with Crippen LogP contribution in [0.3, 0.4) is 0 Å². The van der Waals surface area contributed by atoms with E-state index in [0.717, 1.165) is 78.3 Å². The van der Waals surface area contributed by atoms with Crippen LogP contribution in [0.15, 0.2) is 29.4 Å². The Bertz CT molecular complexity index is 1110. The quantitative estimate of drug-likeness (QED) is 0.312. The van der Waals surface area contributed by atoms with Gasteiger partial charge in [0.05, 0.1) is 15.8 Å². The molecule has 2 fully saturated rings. The first kappa shape index (κ1) is 28.4. The molecule has 3 N–H and O–H groups in total. The van der Waals surface area contributed by atoms with Crippen LogP contribution in [0.5, 0.6) is 0 Å². The maximum atomic E-state index is 11.3. The summed E-state index contributed by atoms with van der Waals surface area (Å²) in [5.74, 6) is 1.65. The molecule has 2 aliphatic heterocycles. The molecule has 1 saturated heterocycles. The van der Waals surface area contributed by atoms with Gasteiger partial charge in [0, 0.05) is 63.6 Å². The van der Waals surface area contributed by atoms with E-state index >= 15 is 0 Å². The Morgan fingerprint density at radius 3 is 2.53 bits per heavy atom. The van der Waals surface area contributed by atoms with E-state index in [-0.39, 0.29) is 5.75 Å². The first-order valence-corrected chi connectivity index (χ1v) is 17.5. The number of allylic oxidation sites excluding steroid dienone is 2. The first-order valence-electron chi connectivity index (χ1n) is 12.5. The van der Waals surface area contributed by atoms with E-state index in [1.165, 1.54) is 9.89 Å². The summed E-state index contributed by atoms with van der Waals surface area (Å²) >= 11 is 12.8. The molecule has 1 saturated carbocycles. The van der Waals surface area contributed by atoms with Crippen LogP contribution >= 0.6 is 43.9 Å². The van der Waals surface area contributed by atoms with E-state index in [0.29, 0.717) is 29.6 Å². The molecule has 7 nitrogen and oxygen atoms in total. The molecule has 0 radical (unpaired) electrons. The summed E-state index contributed by atoms with van der Waals surface area (Å²) in [4.78, 5) is 4.53. The Hall–Kier alpha value is -0.560. The molecule has 4 rings (SSSR count). The van der Waals surface area contributed by atoms with Gasteiger partial charge in [-0.05, 0) is 62.7 Å². The normalized spacial score (nSPS) is 23.8. The summed E-state index contributed by atoms with van der Waals surface area (Å²) in [5, 5.41) is 12.0. The van der Waals surface area contributed by atoms with Crippen LogP contribution in [0, 0.1) is 5.92 Å². The van der Waals surface area contributed by atoms with Crippen LogP contribution in [0.4, 0.5) is 5.82 Å². The monoisotopic (exact) mass is 668 g/mol. The minimum absolute atomic E-state index is 0.184. The number of hydrogen-bond donors (Lipinski definition) is 3. The molecule has 3 heterocycles. The molecule has 0 spiro atoms. The zero-order chi connectivity index (χ0) is 25.5. The number of pyridine rings is 1.